The predicted octanol–water partition coefficient (Wildman–Crippen LogP) is 1.09. The number of hydrogen-bond acceptors (Lipinski definition) is 4. The molecule has 1 rings (SSSR count). The third-order valence-corrected chi connectivity index (χ3v) is 2.72. The van der Waals surface area contributed by atoms with Gasteiger partial charge < -0.3 is 4.84 Å². The average molecular weight is 278 g/mol. The Labute approximate surface area is 106 Å². The minimum absolute atomic E-state index is 0.385. The van der Waals surface area contributed by atoms with Gasteiger partial charge in [0.15, 0.2) is 0 Å². The molecule has 1 atom stereocenters. The van der Waals surface area contributed by atoms with Gasteiger partial charge in [-0.1, -0.05) is 36.7 Å². The van der Waals surface area contributed by atoms with Gasteiger partial charge in [-0.3, -0.25) is 4.79 Å². The van der Waals surface area contributed by atoms with E-state index in [9.17, 15) is 13.2 Å². The standard InChI is InChI=1S/C10H12ClNO4S/c1-7(10(13)16-12-17(14)15)6-8-4-2-3-5-9(8)11/h2-5,7,17H,6H2,1H3,(H,12,14,15). The molecule has 1 aromatic rings. The summed E-state index contributed by atoms with van der Waals surface area (Å²) in [4.78, 5) is 17.3. The van der Waals surface area contributed by atoms with E-state index >= 15 is 0 Å². The van der Waals surface area contributed by atoms with E-state index in [0.717, 1.165) is 5.56 Å². The van der Waals surface area contributed by atoms with Crippen molar-refractivity contribution >= 4 is 28.5 Å². The maximum atomic E-state index is 11.4. The van der Waals surface area contributed by atoms with Crippen LogP contribution in [0.1, 0.15) is 12.5 Å². The van der Waals surface area contributed by atoms with Crippen LogP contribution < -0.4 is 4.89 Å². The van der Waals surface area contributed by atoms with Gasteiger partial charge in [0, 0.05) is 5.02 Å². The molecule has 0 aliphatic rings. The number of carbonyl (C=O) groups excluding carboxylic acids is 1. The Hall–Kier alpha value is -1.11. The summed E-state index contributed by atoms with van der Waals surface area (Å²) >= 11 is 5.94. The quantitative estimate of drug-likeness (QED) is 0.624. The summed E-state index contributed by atoms with van der Waals surface area (Å²) < 4.78 is 20.3. The van der Waals surface area contributed by atoms with Gasteiger partial charge in [-0.15, -0.1) is 0 Å². The number of carbonyl (C=O) groups is 1. The Morgan fingerprint density at radius 1 is 1.47 bits per heavy atom. The summed E-state index contributed by atoms with van der Waals surface area (Å²) in [7, 11) is -2.94. The zero-order valence-corrected chi connectivity index (χ0v) is 10.7. The van der Waals surface area contributed by atoms with Crippen LogP contribution in [0.25, 0.3) is 0 Å². The van der Waals surface area contributed by atoms with Crippen molar-refractivity contribution in [2.45, 2.75) is 13.3 Å². The summed E-state index contributed by atoms with van der Waals surface area (Å²) in [5.74, 6) is -1.14. The van der Waals surface area contributed by atoms with E-state index in [1.54, 1.807) is 30.0 Å². The first-order valence-electron chi connectivity index (χ1n) is 4.85. The second-order valence-corrected chi connectivity index (χ2v) is 4.57. The normalized spacial score (nSPS) is 12.4. The Balaban J connectivity index is 2.57. The third kappa shape index (κ3) is 4.72. The van der Waals surface area contributed by atoms with Crippen molar-refractivity contribution in [2.75, 3.05) is 0 Å². The lowest BCUT2D eigenvalue weighted by Gasteiger charge is -2.10. The van der Waals surface area contributed by atoms with Gasteiger partial charge in [-0.05, 0) is 22.9 Å². The van der Waals surface area contributed by atoms with E-state index in [1.807, 2.05) is 6.07 Å². The molecule has 1 unspecified atom stereocenters. The number of nitrogens with one attached hydrogen (secondary N) is 1. The van der Waals surface area contributed by atoms with Gasteiger partial charge in [-0.2, -0.15) is 0 Å². The van der Waals surface area contributed by atoms with Crippen molar-refractivity contribution < 1.29 is 18.0 Å². The van der Waals surface area contributed by atoms with Crippen LogP contribution >= 0.6 is 11.6 Å². The molecule has 1 aromatic carbocycles. The van der Waals surface area contributed by atoms with E-state index in [0.29, 0.717) is 11.4 Å². The Kier molecular flexibility index (Phi) is 5.40. The van der Waals surface area contributed by atoms with Gasteiger partial charge in [0.1, 0.15) is 0 Å². The molecule has 17 heavy (non-hydrogen) atoms. The van der Waals surface area contributed by atoms with Gasteiger partial charge in [-0.25, -0.2) is 8.42 Å². The lowest BCUT2D eigenvalue weighted by Crippen LogP contribution is -2.24. The van der Waals surface area contributed by atoms with Crippen molar-refractivity contribution in [3.8, 4) is 0 Å². The molecular formula is C10H12ClNO4S. The maximum Gasteiger partial charge on any atom is 0.329 e. The summed E-state index contributed by atoms with van der Waals surface area (Å²) in [6.07, 6.45) is 0.385. The Morgan fingerprint density at radius 2 is 2.12 bits per heavy atom. The average Bonchev–Trinajstić information content (AvgIpc) is 2.28. The number of rotatable bonds is 5. The van der Waals surface area contributed by atoms with E-state index in [1.165, 1.54) is 0 Å². The highest BCUT2D eigenvalue weighted by atomic mass is 35.5. The number of benzene rings is 1. The molecule has 0 heterocycles. The Morgan fingerprint density at radius 3 is 2.71 bits per heavy atom. The zero-order valence-electron chi connectivity index (χ0n) is 9.05. The van der Waals surface area contributed by atoms with Gasteiger partial charge in [0.2, 0.25) is 10.9 Å². The van der Waals surface area contributed by atoms with Crippen LogP contribution in [-0.4, -0.2) is 14.4 Å². The topological polar surface area (TPSA) is 72.5 Å². The highest BCUT2D eigenvalue weighted by Crippen LogP contribution is 2.19. The van der Waals surface area contributed by atoms with Gasteiger partial charge in [0.05, 0.1) is 5.92 Å². The minimum Gasteiger partial charge on any atom is -0.356 e. The summed E-state index contributed by atoms with van der Waals surface area (Å²) in [5, 5.41) is 0.565. The number of halogens is 1. The molecule has 0 aromatic heterocycles. The van der Waals surface area contributed by atoms with Crippen LogP contribution in [0.15, 0.2) is 24.3 Å². The molecule has 0 amide bonds. The number of hydrogen-bond donors (Lipinski definition) is 2. The highest BCUT2D eigenvalue weighted by molar-refractivity contribution is 7.70. The third-order valence-electron chi connectivity index (χ3n) is 2.11. The molecule has 1 N–H and O–H groups in total. The molecule has 0 aliphatic carbocycles. The van der Waals surface area contributed by atoms with Crippen molar-refractivity contribution in [3.63, 3.8) is 0 Å². The second-order valence-electron chi connectivity index (χ2n) is 3.47. The van der Waals surface area contributed by atoms with Gasteiger partial charge in [0.25, 0.3) is 0 Å². The molecule has 0 bridgehead atoms. The fourth-order valence-electron chi connectivity index (χ4n) is 1.26. The summed E-state index contributed by atoms with van der Waals surface area (Å²) in [5.41, 5.74) is 0.810. The summed E-state index contributed by atoms with van der Waals surface area (Å²) in [6, 6.07) is 7.12. The van der Waals surface area contributed by atoms with Crippen LogP contribution in [0, 0.1) is 5.92 Å². The van der Waals surface area contributed by atoms with Crippen LogP contribution in [0.3, 0.4) is 0 Å². The van der Waals surface area contributed by atoms with Crippen LogP contribution in [-0.2, 0) is 26.9 Å². The molecule has 0 fully saturated rings. The molecule has 7 heteroatoms. The molecule has 0 radical (unpaired) electrons. The SMILES string of the molecule is CC(Cc1ccccc1Cl)C(=O)ON[SH](=O)=O. The maximum absolute atomic E-state index is 11.4. The van der Waals surface area contributed by atoms with Gasteiger partial charge >= 0.3 is 5.97 Å². The first kappa shape index (κ1) is 14.0. The smallest absolute Gasteiger partial charge is 0.329 e. The van der Waals surface area contributed by atoms with E-state index in [-0.39, 0.29) is 0 Å². The van der Waals surface area contributed by atoms with E-state index in [4.69, 9.17) is 11.6 Å². The first-order valence-corrected chi connectivity index (χ1v) is 6.40. The van der Waals surface area contributed by atoms with Crippen molar-refractivity contribution in [1.82, 2.24) is 4.89 Å². The molecule has 0 aliphatic heterocycles. The van der Waals surface area contributed by atoms with E-state index in [2.05, 4.69) is 4.84 Å². The molecule has 5 nitrogen and oxygen atoms in total. The predicted molar refractivity (Wildman–Crippen MR) is 63.9 cm³/mol. The van der Waals surface area contributed by atoms with Crippen LogP contribution in [0.4, 0.5) is 0 Å². The fraction of sp³-hybridized carbons (Fsp3) is 0.300. The minimum atomic E-state index is -2.94. The molecule has 0 saturated heterocycles. The van der Waals surface area contributed by atoms with E-state index < -0.39 is 22.8 Å². The second kappa shape index (κ2) is 6.58. The summed E-state index contributed by atoms with van der Waals surface area (Å²) in [6.45, 7) is 1.63. The zero-order chi connectivity index (χ0) is 12.8. The lowest BCUT2D eigenvalue weighted by molar-refractivity contribution is -0.151. The molecule has 0 saturated carbocycles. The molecular weight excluding hydrogens is 266 g/mol. The van der Waals surface area contributed by atoms with Crippen LogP contribution in [0.5, 0.6) is 0 Å². The largest absolute Gasteiger partial charge is 0.356 e. The van der Waals surface area contributed by atoms with Crippen molar-refractivity contribution in [1.29, 1.82) is 0 Å². The molecule has 0 spiro atoms. The number of thiol groups is 1. The van der Waals surface area contributed by atoms with Crippen LogP contribution in [0.2, 0.25) is 5.02 Å². The first-order chi connectivity index (χ1) is 8.00. The fourth-order valence-corrected chi connectivity index (χ4v) is 1.64. The molecule has 94 valence electrons. The highest BCUT2D eigenvalue weighted by Gasteiger charge is 2.16. The Bertz CT molecular complexity index is 467. The lowest BCUT2D eigenvalue weighted by atomic mass is 10.0. The van der Waals surface area contributed by atoms with Crippen molar-refractivity contribution in [2.24, 2.45) is 5.92 Å². The monoisotopic (exact) mass is 277 g/mol. The van der Waals surface area contributed by atoms with Crippen molar-refractivity contribution in [3.05, 3.63) is 34.9 Å².